The molecule has 1 amide bonds. The topological polar surface area (TPSA) is 51.7 Å². The maximum absolute atomic E-state index is 12.2. The summed E-state index contributed by atoms with van der Waals surface area (Å²) < 4.78 is 10.8. The first kappa shape index (κ1) is 14.4. The summed E-state index contributed by atoms with van der Waals surface area (Å²) in [6, 6.07) is 13.4. The molecule has 1 fully saturated rings. The second-order valence-electron chi connectivity index (χ2n) is 5.25. The van der Waals surface area contributed by atoms with E-state index in [0.29, 0.717) is 12.4 Å². The quantitative estimate of drug-likeness (QED) is 0.870. The Hall–Kier alpha value is -2.56. The Kier molecular flexibility index (Phi) is 3.96. The molecule has 1 aliphatic rings. The van der Waals surface area contributed by atoms with Crippen molar-refractivity contribution in [2.24, 2.45) is 0 Å². The third-order valence-corrected chi connectivity index (χ3v) is 3.81. The highest BCUT2D eigenvalue weighted by Gasteiger charge is 2.41. The van der Waals surface area contributed by atoms with Crippen LogP contribution in [0, 0.1) is 0 Å². The largest absolute Gasteiger partial charge is 0.481 e. The van der Waals surface area contributed by atoms with Crippen molar-refractivity contribution < 1.29 is 14.3 Å². The van der Waals surface area contributed by atoms with Crippen LogP contribution in [0.2, 0.25) is 0 Å². The van der Waals surface area contributed by atoms with E-state index >= 15 is 0 Å². The molecular formula is C17H18N2O3. The predicted molar refractivity (Wildman–Crippen MR) is 81.5 cm³/mol. The molecular weight excluding hydrogens is 280 g/mol. The van der Waals surface area contributed by atoms with Gasteiger partial charge >= 0.3 is 6.09 Å². The minimum Gasteiger partial charge on any atom is -0.481 e. The number of carbonyl (C=O) groups excluding carboxylic acids is 1. The van der Waals surface area contributed by atoms with Crippen LogP contribution in [0.3, 0.4) is 0 Å². The second kappa shape index (κ2) is 6.05. The maximum atomic E-state index is 12.2. The second-order valence-corrected chi connectivity index (χ2v) is 5.25. The molecule has 0 saturated carbocycles. The summed E-state index contributed by atoms with van der Waals surface area (Å²) in [5, 5.41) is 0. The van der Waals surface area contributed by atoms with Crippen molar-refractivity contribution in [3.05, 3.63) is 59.8 Å². The Balaban J connectivity index is 1.94. The van der Waals surface area contributed by atoms with Gasteiger partial charge in [0.15, 0.2) is 0 Å². The van der Waals surface area contributed by atoms with Gasteiger partial charge < -0.3 is 9.47 Å². The van der Waals surface area contributed by atoms with Crippen LogP contribution in [-0.4, -0.2) is 29.2 Å². The molecule has 114 valence electrons. The number of aromatic nitrogens is 1. The molecule has 1 aromatic carbocycles. The molecule has 0 bridgehead atoms. The Morgan fingerprint density at radius 3 is 2.73 bits per heavy atom. The van der Waals surface area contributed by atoms with Crippen molar-refractivity contribution in [2.75, 3.05) is 7.11 Å². The van der Waals surface area contributed by atoms with Gasteiger partial charge in [0.05, 0.1) is 7.11 Å². The number of benzene rings is 1. The minimum atomic E-state index is -0.313. The Morgan fingerprint density at radius 1 is 1.23 bits per heavy atom. The van der Waals surface area contributed by atoms with Crippen LogP contribution in [0.4, 0.5) is 4.79 Å². The van der Waals surface area contributed by atoms with Crippen molar-refractivity contribution in [1.82, 2.24) is 9.88 Å². The fourth-order valence-corrected chi connectivity index (χ4v) is 2.82. The van der Waals surface area contributed by atoms with E-state index in [0.717, 1.165) is 11.1 Å². The van der Waals surface area contributed by atoms with E-state index in [4.69, 9.17) is 9.47 Å². The number of methoxy groups -OCH3 is 1. The number of rotatable bonds is 4. The molecule has 5 nitrogen and oxygen atoms in total. The molecule has 0 N–H and O–H groups in total. The predicted octanol–water partition coefficient (Wildman–Crippen LogP) is 3.17. The molecule has 2 heterocycles. The summed E-state index contributed by atoms with van der Waals surface area (Å²) in [4.78, 5) is 18.2. The van der Waals surface area contributed by atoms with E-state index in [1.165, 1.54) is 0 Å². The first-order valence-corrected chi connectivity index (χ1v) is 7.21. The van der Waals surface area contributed by atoms with Crippen molar-refractivity contribution in [1.29, 1.82) is 0 Å². The van der Waals surface area contributed by atoms with Crippen LogP contribution >= 0.6 is 0 Å². The lowest BCUT2D eigenvalue weighted by atomic mass is 10.0. The number of amides is 1. The van der Waals surface area contributed by atoms with Crippen molar-refractivity contribution >= 4 is 6.09 Å². The van der Waals surface area contributed by atoms with Crippen LogP contribution < -0.4 is 4.74 Å². The smallest absolute Gasteiger partial charge is 0.411 e. The molecule has 2 atom stereocenters. The van der Waals surface area contributed by atoms with Gasteiger partial charge in [-0.05, 0) is 24.6 Å². The molecule has 22 heavy (non-hydrogen) atoms. The summed E-state index contributed by atoms with van der Waals surface area (Å²) in [5.74, 6) is 0.524. The lowest BCUT2D eigenvalue weighted by molar-refractivity contribution is 0.136. The fourth-order valence-electron chi connectivity index (χ4n) is 2.82. The Bertz CT molecular complexity index is 660. The molecule has 0 spiro atoms. The molecule has 1 saturated heterocycles. The molecule has 1 aliphatic heterocycles. The number of ether oxygens (including phenoxy) is 2. The van der Waals surface area contributed by atoms with Crippen LogP contribution in [0.5, 0.6) is 5.88 Å². The van der Waals surface area contributed by atoms with E-state index in [-0.39, 0.29) is 18.2 Å². The molecule has 3 rings (SSSR count). The van der Waals surface area contributed by atoms with E-state index in [1.54, 1.807) is 18.2 Å². The van der Waals surface area contributed by atoms with Crippen LogP contribution in [0.1, 0.15) is 24.1 Å². The van der Waals surface area contributed by atoms with Gasteiger partial charge in [-0.2, -0.15) is 0 Å². The lowest BCUT2D eigenvalue weighted by Gasteiger charge is -2.24. The zero-order valence-electron chi connectivity index (χ0n) is 12.6. The SMILES string of the molecule is COc1ncccc1C1C(C)OC(=O)N1Cc1ccccc1. The van der Waals surface area contributed by atoms with Crippen molar-refractivity contribution in [3.8, 4) is 5.88 Å². The summed E-state index contributed by atoms with van der Waals surface area (Å²) in [7, 11) is 1.58. The number of nitrogens with zero attached hydrogens (tertiary/aromatic N) is 2. The summed E-state index contributed by atoms with van der Waals surface area (Å²) in [6.07, 6.45) is 1.10. The van der Waals surface area contributed by atoms with E-state index in [2.05, 4.69) is 4.98 Å². The van der Waals surface area contributed by atoms with Crippen molar-refractivity contribution in [3.63, 3.8) is 0 Å². The summed E-state index contributed by atoms with van der Waals surface area (Å²) >= 11 is 0. The number of cyclic esters (lactones) is 1. The lowest BCUT2D eigenvalue weighted by Crippen LogP contribution is -2.29. The number of carbonyl (C=O) groups is 1. The summed E-state index contributed by atoms with van der Waals surface area (Å²) in [6.45, 7) is 2.38. The standard InChI is InChI=1S/C17H18N2O3/c1-12-15(14-9-6-10-18-16(14)21-2)19(17(20)22-12)11-13-7-4-3-5-8-13/h3-10,12,15H,11H2,1-2H3. The third kappa shape index (κ3) is 2.62. The van der Waals surface area contributed by atoms with Crippen molar-refractivity contribution in [2.45, 2.75) is 25.6 Å². The number of pyridine rings is 1. The average molecular weight is 298 g/mol. The normalized spacial score (nSPS) is 20.8. The highest BCUT2D eigenvalue weighted by molar-refractivity contribution is 5.71. The zero-order valence-corrected chi connectivity index (χ0v) is 12.6. The van der Waals surface area contributed by atoms with Crippen LogP contribution in [0.25, 0.3) is 0 Å². The van der Waals surface area contributed by atoms with Gasteiger partial charge in [0.25, 0.3) is 0 Å². The highest BCUT2D eigenvalue weighted by atomic mass is 16.6. The van der Waals surface area contributed by atoms with Crippen LogP contribution in [-0.2, 0) is 11.3 Å². The monoisotopic (exact) mass is 298 g/mol. The average Bonchev–Trinajstić information content (AvgIpc) is 2.82. The first-order valence-electron chi connectivity index (χ1n) is 7.21. The van der Waals surface area contributed by atoms with Gasteiger partial charge in [-0.25, -0.2) is 9.78 Å². The molecule has 2 unspecified atom stereocenters. The summed E-state index contributed by atoms with van der Waals surface area (Å²) in [5.41, 5.74) is 1.92. The number of hydrogen-bond acceptors (Lipinski definition) is 4. The molecule has 5 heteroatoms. The zero-order chi connectivity index (χ0) is 15.5. The van der Waals surface area contributed by atoms with Gasteiger partial charge in [-0.15, -0.1) is 0 Å². The van der Waals surface area contributed by atoms with Gasteiger partial charge in [0, 0.05) is 18.3 Å². The Morgan fingerprint density at radius 2 is 2.00 bits per heavy atom. The van der Waals surface area contributed by atoms with Gasteiger partial charge in [0.2, 0.25) is 5.88 Å². The molecule has 0 radical (unpaired) electrons. The van der Waals surface area contributed by atoms with E-state index in [1.807, 2.05) is 49.4 Å². The molecule has 2 aromatic rings. The first-order chi connectivity index (χ1) is 10.7. The minimum absolute atomic E-state index is 0.212. The highest BCUT2D eigenvalue weighted by Crippen LogP contribution is 2.37. The molecule has 0 aliphatic carbocycles. The van der Waals surface area contributed by atoms with Gasteiger partial charge in [-0.3, -0.25) is 4.90 Å². The molecule has 1 aromatic heterocycles. The van der Waals surface area contributed by atoms with Gasteiger partial charge in [-0.1, -0.05) is 30.3 Å². The third-order valence-electron chi connectivity index (χ3n) is 3.81. The number of hydrogen-bond donors (Lipinski definition) is 0. The van der Waals surface area contributed by atoms with Gasteiger partial charge in [0.1, 0.15) is 12.1 Å². The van der Waals surface area contributed by atoms with Crippen LogP contribution in [0.15, 0.2) is 48.7 Å². The maximum Gasteiger partial charge on any atom is 0.411 e. The fraction of sp³-hybridized carbons (Fsp3) is 0.294. The Labute approximate surface area is 129 Å². The van der Waals surface area contributed by atoms with E-state index < -0.39 is 0 Å². The van der Waals surface area contributed by atoms with E-state index in [9.17, 15) is 4.79 Å².